The Morgan fingerprint density at radius 3 is 2.76 bits per heavy atom. The third-order valence-corrected chi connectivity index (χ3v) is 3.63. The largest absolute Gasteiger partial charge is 0.383 e. The van der Waals surface area contributed by atoms with Crippen LogP contribution in [0.25, 0.3) is 0 Å². The van der Waals surface area contributed by atoms with Gasteiger partial charge in [0.1, 0.15) is 0 Å². The van der Waals surface area contributed by atoms with Gasteiger partial charge >= 0.3 is 0 Å². The van der Waals surface area contributed by atoms with Crippen molar-refractivity contribution in [2.24, 2.45) is 5.41 Å². The van der Waals surface area contributed by atoms with Gasteiger partial charge < -0.3 is 15.4 Å². The molecule has 0 aromatic heterocycles. The highest BCUT2D eigenvalue weighted by Crippen LogP contribution is 2.36. The first-order valence-corrected chi connectivity index (χ1v) is 6.55. The second-order valence-corrected chi connectivity index (χ2v) is 5.48. The van der Waals surface area contributed by atoms with Crippen molar-refractivity contribution in [2.45, 2.75) is 45.6 Å². The Morgan fingerprint density at radius 2 is 2.18 bits per heavy atom. The first kappa shape index (κ1) is 14.5. The standard InChI is InChI=1S/C13H26N2O2/c1-13(2)7-4-5-11(13)14-8-6-12(16)15-9-10-17-3/h11,14H,4-10H2,1-3H3,(H,15,16). The van der Waals surface area contributed by atoms with Gasteiger partial charge in [-0.15, -0.1) is 0 Å². The summed E-state index contributed by atoms with van der Waals surface area (Å²) in [6, 6.07) is 0.564. The Morgan fingerprint density at radius 1 is 1.41 bits per heavy atom. The first-order chi connectivity index (χ1) is 8.06. The number of hydrogen-bond donors (Lipinski definition) is 2. The number of nitrogens with one attached hydrogen (secondary N) is 2. The minimum absolute atomic E-state index is 0.102. The van der Waals surface area contributed by atoms with Crippen molar-refractivity contribution in [3.05, 3.63) is 0 Å². The third-order valence-electron chi connectivity index (χ3n) is 3.63. The molecule has 1 atom stereocenters. The van der Waals surface area contributed by atoms with Crippen LogP contribution >= 0.6 is 0 Å². The molecule has 0 aliphatic heterocycles. The monoisotopic (exact) mass is 242 g/mol. The van der Waals surface area contributed by atoms with Crippen LogP contribution in [0.3, 0.4) is 0 Å². The molecule has 1 aliphatic carbocycles. The summed E-state index contributed by atoms with van der Waals surface area (Å²) in [7, 11) is 1.63. The lowest BCUT2D eigenvalue weighted by Gasteiger charge is -2.27. The zero-order chi connectivity index (χ0) is 12.7. The van der Waals surface area contributed by atoms with E-state index in [2.05, 4.69) is 24.5 Å². The van der Waals surface area contributed by atoms with Gasteiger partial charge in [0.2, 0.25) is 5.91 Å². The fraction of sp³-hybridized carbons (Fsp3) is 0.923. The highest BCUT2D eigenvalue weighted by Gasteiger charge is 2.33. The van der Waals surface area contributed by atoms with E-state index in [1.807, 2.05) is 0 Å². The Kier molecular flexibility index (Phi) is 5.92. The molecule has 2 N–H and O–H groups in total. The number of methoxy groups -OCH3 is 1. The number of carbonyl (C=O) groups excluding carboxylic acids is 1. The minimum Gasteiger partial charge on any atom is -0.383 e. The van der Waals surface area contributed by atoms with Crippen molar-refractivity contribution >= 4 is 5.91 Å². The van der Waals surface area contributed by atoms with Crippen LogP contribution in [0.2, 0.25) is 0 Å². The Balaban J connectivity index is 2.09. The van der Waals surface area contributed by atoms with Gasteiger partial charge in [-0.05, 0) is 18.3 Å². The maximum atomic E-state index is 11.4. The molecule has 0 radical (unpaired) electrons. The van der Waals surface area contributed by atoms with Crippen molar-refractivity contribution in [1.29, 1.82) is 0 Å². The molecule has 0 aromatic carbocycles. The molecular formula is C13H26N2O2. The van der Waals surface area contributed by atoms with Gasteiger partial charge in [0.05, 0.1) is 6.61 Å². The fourth-order valence-corrected chi connectivity index (χ4v) is 2.45. The third kappa shape index (κ3) is 5.04. The molecule has 0 saturated heterocycles. The number of rotatable bonds is 7. The van der Waals surface area contributed by atoms with Gasteiger partial charge in [0.15, 0.2) is 0 Å². The van der Waals surface area contributed by atoms with Crippen LogP contribution in [0.5, 0.6) is 0 Å². The molecule has 4 heteroatoms. The SMILES string of the molecule is COCCNC(=O)CCNC1CCCC1(C)C. The number of ether oxygens (including phenoxy) is 1. The van der Waals surface area contributed by atoms with Gasteiger partial charge in [0, 0.05) is 32.7 Å². The topological polar surface area (TPSA) is 50.4 Å². The molecule has 0 aromatic rings. The van der Waals surface area contributed by atoms with E-state index < -0.39 is 0 Å². The highest BCUT2D eigenvalue weighted by atomic mass is 16.5. The average Bonchev–Trinajstić information content (AvgIpc) is 2.59. The molecule has 1 amide bonds. The second kappa shape index (κ2) is 6.97. The van der Waals surface area contributed by atoms with E-state index >= 15 is 0 Å². The molecule has 0 heterocycles. The Hall–Kier alpha value is -0.610. The molecule has 1 fully saturated rings. The van der Waals surface area contributed by atoms with Gasteiger partial charge in [-0.25, -0.2) is 0 Å². The fourth-order valence-electron chi connectivity index (χ4n) is 2.45. The van der Waals surface area contributed by atoms with Crippen LogP contribution in [0.15, 0.2) is 0 Å². The number of amides is 1. The minimum atomic E-state index is 0.102. The Bertz CT molecular complexity index is 242. The van der Waals surface area contributed by atoms with E-state index in [1.54, 1.807) is 7.11 Å². The van der Waals surface area contributed by atoms with Crippen LogP contribution in [-0.4, -0.2) is 38.8 Å². The molecule has 0 spiro atoms. The van der Waals surface area contributed by atoms with Gasteiger partial charge in [-0.3, -0.25) is 4.79 Å². The maximum Gasteiger partial charge on any atom is 0.221 e. The summed E-state index contributed by atoms with van der Waals surface area (Å²) in [6.45, 7) is 6.55. The van der Waals surface area contributed by atoms with Gasteiger partial charge in [-0.2, -0.15) is 0 Å². The lowest BCUT2D eigenvalue weighted by atomic mass is 9.87. The van der Waals surface area contributed by atoms with Crippen LogP contribution in [0, 0.1) is 5.41 Å². The summed E-state index contributed by atoms with van der Waals surface area (Å²) < 4.78 is 4.87. The van der Waals surface area contributed by atoms with E-state index in [9.17, 15) is 4.79 Å². The summed E-state index contributed by atoms with van der Waals surface area (Å²) in [5, 5.41) is 6.33. The van der Waals surface area contributed by atoms with Crippen LogP contribution in [0.1, 0.15) is 39.5 Å². The summed E-state index contributed by atoms with van der Waals surface area (Å²) >= 11 is 0. The number of hydrogen-bond acceptors (Lipinski definition) is 3. The van der Waals surface area contributed by atoms with Crippen molar-refractivity contribution in [2.75, 3.05) is 26.8 Å². The average molecular weight is 242 g/mol. The maximum absolute atomic E-state index is 11.4. The zero-order valence-electron chi connectivity index (χ0n) is 11.3. The van der Waals surface area contributed by atoms with E-state index in [0.29, 0.717) is 31.0 Å². The lowest BCUT2D eigenvalue weighted by molar-refractivity contribution is -0.121. The van der Waals surface area contributed by atoms with Crippen molar-refractivity contribution in [1.82, 2.24) is 10.6 Å². The van der Waals surface area contributed by atoms with Gasteiger partial charge in [-0.1, -0.05) is 20.3 Å². The highest BCUT2D eigenvalue weighted by molar-refractivity contribution is 5.76. The zero-order valence-corrected chi connectivity index (χ0v) is 11.3. The predicted molar refractivity (Wildman–Crippen MR) is 68.9 cm³/mol. The molecule has 1 rings (SSSR count). The molecular weight excluding hydrogens is 216 g/mol. The van der Waals surface area contributed by atoms with E-state index in [4.69, 9.17) is 4.74 Å². The molecule has 1 saturated carbocycles. The second-order valence-electron chi connectivity index (χ2n) is 5.48. The summed E-state index contributed by atoms with van der Waals surface area (Å²) in [5.74, 6) is 0.102. The van der Waals surface area contributed by atoms with Crippen LogP contribution in [-0.2, 0) is 9.53 Å². The summed E-state index contributed by atoms with van der Waals surface area (Å²) in [4.78, 5) is 11.4. The van der Waals surface area contributed by atoms with Crippen molar-refractivity contribution < 1.29 is 9.53 Å². The molecule has 1 unspecified atom stereocenters. The molecule has 17 heavy (non-hydrogen) atoms. The quantitative estimate of drug-likeness (QED) is 0.662. The molecule has 100 valence electrons. The Labute approximate surface area is 104 Å². The van der Waals surface area contributed by atoms with Crippen molar-refractivity contribution in [3.63, 3.8) is 0 Å². The smallest absolute Gasteiger partial charge is 0.221 e. The summed E-state index contributed by atoms with van der Waals surface area (Å²) in [6.07, 6.45) is 4.37. The van der Waals surface area contributed by atoms with Gasteiger partial charge in [0.25, 0.3) is 0 Å². The van der Waals surface area contributed by atoms with E-state index in [1.165, 1.54) is 19.3 Å². The predicted octanol–water partition coefficient (Wildman–Crippen LogP) is 1.31. The van der Waals surface area contributed by atoms with Crippen molar-refractivity contribution in [3.8, 4) is 0 Å². The van der Waals surface area contributed by atoms with E-state index in [0.717, 1.165) is 6.54 Å². The molecule has 0 bridgehead atoms. The normalized spacial score (nSPS) is 22.6. The summed E-state index contributed by atoms with van der Waals surface area (Å²) in [5.41, 5.74) is 0.381. The van der Waals surface area contributed by atoms with Crippen LogP contribution in [0.4, 0.5) is 0 Å². The first-order valence-electron chi connectivity index (χ1n) is 6.55. The number of carbonyl (C=O) groups is 1. The van der Waals surface area contributed by atoms with Crippen LogP contribution < -0.4 is 10.6 Å². The molecule has 4 nitrogen and oxygen atoms in total. The lowest BCUT2D eigenvalue weighted by Crippen LogP contribution is -2.40. The van der Waals surface area contributed by atoms with E-state index in [-0.39, 0.29) is 5.91 Å². The molecule has 1 aliphatic rings.